The Labute approximate surface area is 235 Å². The molecule has 1 saturated carbocycles. The molecule has 0 bridgehead atoms. The average molecular weight is 581 g/mol. The smallest absolute Gasteiger partial charge is 0.304 e. The number of carbonyl (C=O) groups excluding carboxylic acids is 1. The van der Waals surface area contributed by atoms with Crippen LogP contribution in [0.25, 0.3) is 0 Å². The van der Waals surface area contributed by atoms with Gasteiger partial charge in [-0.3, -0.25) is 9.59 Å². The van der Waals surface area contributed by atoms with Crippen LogP contribution in [-0.4, -0.2) is 47.3 Å². The fraction of sp³-hybridized carbons (Fsp3) is 0.517. The Kier molecular flexibility index (Phi) is 8.80. The van der Waals surface area contributed by atoms with Crippen LogP contribution in [0.4, 0.5) is 0 Å². The molecule has 1 aliphatic carbocycles. The zero-order valence-corrected chi connectivity index (χ0v) is 24.1. The van der Waals surface area contributed by atoms with Gasteiger partial charge in [0, 0.05) is 22.0 Å². The number of carboxylic acids is 1. The molecule has 2 aromatic rings. The predicted molar refractivity (Wildman–Crippen MR) is 150 cm³/mol. The maximum Gasteiger partial charge on any atom is 0.304 e. The molecule has 6 nitrogen and oxygen atoms in total. The van der Waals surface area contributed by atoms with Gasteiger partial charge in [0.25, 0.3) is 0 Å². The number of benzene rings is 2. The molecular formula is C29H35Cl2NO5S. The van der Waals surface area contributed by atoms with Crippen molar-refractivity contribution in [2.24, 2.45) is 5.41 Å². The number of sulfone groups is 1. The Balaban J connectivity index is 1.77. The molecule has 1 heterocycles. The molecule has 1 amide bonds. The van der Waals surface area contributed by atoms with E-state index in [9.17, 15) is 23.1 Å². The number of amides is 1. The molecule has 0 spiro atoms. The summed E-state index contributed by atoms with van der Waals surface area (Å²) in [5.74, 6) is -1.59. The molecule has 1 N–H and O–H groups in total. The number of nitrogens with zero attached hydrogens (tertiary/aromatic N) is 1. The molecule has 2 aliphatic rings. The minimum Gasteiger partial charge on any atom is -0.481 e. The summed E-state index contributed by atoms with van der Waals surface area (Å²) in [6.07, 6.45) is 3.52. The Bertz CT molecular complexity index is 1280. The van der Waals surface area contributed by atoms with Crippen LogP contribution in [0, 0.1) is 5.41 Å². The lowest BCUT2D eigenvalue weighted by Gasteiger charge is -2.51. The molecule has 2 fully saturated rings. The van der Waals surface area contributed by atoms with E-state index >= 15 is 0 Å². The molecule has 1 aliphatic heterocycles. The van der Waals surface area contributed by atoms with Crippen LogP contribution >= 0.6 is 23.2 Å². The SMILES string of the molecule is C[C@@H](CCS(=O)(=O)C1CCCC1)N1C(=O)[C@@](C)(CC(=O)O)C[C@H](c2cccc(Cl)c2)[C@H]1c1ccc(Cl)cc1. The third kappa shape index (κ3) is 6.21. The van der Waals surface area contributed by atoms with Crippen LogP contribution < -0.4 is 0 Å². The van der Waals surface area contributed by atoms with Crippen LogP contribution in [0.2, 0.25) is 10.0 Å². The first-order chi connectivity index (χ1) is 17.9. The van der Waals surface area contributed by atoms with Gasteiger partial charge in [0.15, 0.2) is 9.84 Å². The Morgan fingerprint density at radius 1 is 1.08 bits per heavy atom. The molecule has 4 atom stereocenters. The number of carboxylic acid groups (broad SMARTS) is 1. The van der Waals surface area contributed by atoms with Crippen molar-refractivity contribution >= 4 is 44.9 Å². The molecule has 0 radical (unpaired) electrons. The average Bonchev–Trinajstić information content (AvgIpc) is 3.40. The number of carbonyl (C=O) groups is 2. The topological polar surface area (TPSA) is 91.8 Å². The second-order valence-corrected chi connectivity index (χ2v) is 14.4. The maximum atomic E-state index is 14.2. The second-order valence-electron chi connectivity index (χ2n) is 11.1. The van der Waals surface area contributed by atoms with E-state index in [1.165, 1.54) is 0 Å². The highest BCUT2D eigenvalue weighted by atomic mass is 35.5. The van der Waals surface area contributed by atoms with Crippen molar-refractivity contribution in [3.8, 4) is 0 Å². The Hall–Kier alpha value is -2.09. The molecule has 2 aromatic carbocycles. The zero-order valence-electron chi connectivity index (χ0n) is 21.8. The van der Waals surface area contributed by atoms with Gasteiger partial charge in [0.05, 0.1) is 28.9 Å². The summed E-state index contributed by atoms with van der Waals surface area (Å²) in [7, 11) is -3.28. The van der Waals surface area contributed by atoms with Crippen molar-refractivity contribution in [3.63, 3.8) is 0 Å². The summed E-state index contributed by atoms with van der Waals surface area (Å²) < 4.78 is 26.2. The Morgan fingerprint density at radius 3 is 2.34 bits per heavy atom. The van der Waals surface area contributed by atoms with E-state index < -0.39 is 33.3 Å². The van der Waals surface area contributed by atoms with E-state index in [0.29, 0.717) is 29.3 Å². The lowest BCUT2D eigenvalue weighted by atomic mass is 9.67. The molecule has 206 valence electrons. The molecule has 1 saturated heterocycles. The minimum absolute atomic E-state index is 0.00652. The largest absolute Gasteiger partial charge is 0.481 e. The van der Waals surface area contributed by atoms with Crippen LogP contribution in [0.15, 0.2) is 48.5 Å². The third-order valence-corrected chi connectivity index (χ3v) is 11.0. The quantitative estimate of drug-likeness (QED) is 0.358. The third-order valence-electron chi connectivity index (χ3n) is 8.24. The van der Waals surface area contributed by atoms with E-state index in [-0.39, 0.29) is 35.7 Å². The second kappa shape index (κ2) is 11.6. The predicted octanol–water partition coefficient (Wildman–Crippen LogP) is 6.67. The maximum absolute atomic E-state index is 14.2. The highest BCUT2D eigenvalue weighted by molar-refractivity contribution is 7.92. The molecular weight excluding hydrogens is 545 g/mol. The number of hydrogen-bond acceptors (Lipinski definition) is 4. The summed E-state index contributed by atoms with van der Waals surface area (Å²) in [4.78, 5) is 27.8. The standard InChI is InChI=1S/C29H35Cl2NO5S/c1-19(14-15-38(36,37)24-8-3-4-9-24)32-27(20-10-12-22(30)13-11-20)25(21-6-5-7-23(31)16-21)17-29(2,28(32)35)18-26(33)34/h5-7,10-13,16,19,24-25,27H,3-4,8-9,14-15,17-18H2,1-2H3,(H,33,34)/t19-,25+,27+,29+/m0/s1. The first-order valence-corrected chi connectivity index (χ1v) is 15.7. The summed E-state index contributed by atoms with van der Waals surface area (Å²) >= 11 is 12.6. The normalized spacial score (nSPS) is 25.5. The number of piperidine rings is 1. The van der Waals surface area contributed by atoms with Crippen LogP contribution in [0.3, 0.4) is 0 Å². The van der Waals surface area contributed by atoms with Gasteiger partial charge in [-0.15, -0.1) is 0 Å². The molecule has 0 unspecified atom stereocenters. The van der Waals surface area contributed by atoms with Crippen molar-refractivity contribution in [1.29, 1.82) is 0 Å². The van der Waals surface area contributed by atoms with Gasteiger partial charge < -0.3 is 10.0 Å². The summed E-state index contributed by atoms with van der Waals surface area (Å²) in [5.41, 5.74) is 0.591. The van der Waals surface area contributed by atoms with Gasteiger partial charge in [0.1, 0.15) is 0 Å². The molecule has 4 rings (SSSR count). The van der Waals surface area contributed by atoms with Crippen molar-refractivity contribution in [2.75, 3.05) is 5.75 Å². The molecule has 38 heavy (non-hydrogen) atoms. The van der Waals surface area contributed by atoms with E-state index in [2.05, 4.69) is 0 Å². The van der Waals surface area contributed by atoms with Crippen LogP contribution in [-0.2, 0) is 19.4 Å². The van der Waals surface area contributed by atoms with Crippen molar-refractivity contribution in [2.45, 2.75) is 82.0 Å². The lowest BCUT2D eigenvalue weighted by molar-refractivity contribution is -0.160. The summed E-state index contributed by atoms with van der Waals surface area (Å²) in [6, 6.07) is 13.9. The van der Waals surface area contributed by atoms with Gasteiger partial charge in [0.2, 0.25) is 5.91 Å². The van der Waals surface area contributed by atoms with E-state index in [0.717, 1.165) is 24.0 Å². The monoisotopic (exact) mass is 579 g/mol. The van der Waals surface area contributed by atoms with Crippen LogP contribution in [0.1, 0.15) is 81.9 Å². The minimum atomic E-state index is -3.28. The zero-order chi connectivity index (χ0) is 27.7. The van der Waals surface area contributed by atoms with Crippen LogP contribution in [0.5, 0.6) is 0 Å². The summed E-state index contributed by atoms with van der Waals surface area (Å²) in [6.45, 7) is 3.57. The van der Waals surface area contributed by atoms with Crippen molar-refractivity contribution in [3.05, 3.63) is 69.7 Å². The van der Waals surface area contributed by atoms with Gasteiger partial charge in [-0.1, -0.05) is 67.2 Å². The molecule has 0 aromatic heterocycles. The first kappa shape index (κ1) is 28.9. The van der Waals surface area contributed by atoms with E-state index in [1.807, 2.05) is 37.3 Å². The van der Waals surface area contributed by atoms with Crippen molar-refractivity contribution < 1.29 is 23.1 Å². The van der Waals surface area contributed by atoms with Crippen molar-refractivity contribution in [1.82, 2.24) is 4.90 Å². The highest BCUT2D eigenvalue weighted by Crippen LogP contribution is 2.52. The first-order valence-electron chi connectivity index (χ1n) is 13.2. The fourth-order valence-electron chi connectivity index (χ4n) is 6.25. The number of hydrogen-bond donors (Lipinski definition) is 1. The highest BCUT2D eigenvalue weighted by Gasteiger charge is 2.52. The van der Waals surface area contributed by atoms with Gasteiger partial charge in [-0.2, -0.15) is 0 Å². The number of likely N-dealkylation sites (tertiary alicyclic amines) is 1. The van der Waals surface area contributed by atoms with Gasteiger partial charge >= 0.3 is 5.97 Å². The lowest BCUT2D eigenvalue weighted by Crippen LogP contribution is -2.55. The Morgan fingerprint density at radius 2 is 1.74 bits per heavy atom. The van der Waals surface area contributed by atoms with E-state index in [1.54, 1.807) is 30.0 Å². The van der Waals surface area contributed by atoms with E-state index in [4.69, 9.17) is 23.2 Å². The number of halogens is 2. The number of aliphatic carboxylic acids is 1. The summed E-state index contributed by atoms with van der Waals surface area (Å²) in [5, 5.41) is 10.5. The fourth-order valence-corrected chi connectivity index (χ4v) is 8.63. The van der Waals surface area contributed by atoms with Gasteiger partial charge in [-0.05, 0) is 68.0 Å². The number of rotatable bonds is 9. The van der Waals surface area contributed by atoms with Gasteiger partial charge in [-0.25, -0.2) is 8.42 Å². The molecule has 9 heteroatoms.